The van der Waals surface area contributed by atoms with Crippen molar-refractivity contribution in [2.45, 2.75) is 31.6 Å². The van der Waals surface area contributed by atoms with Crippen LogP contribution in [0.25, 0.3) is 0 Å². The number of nitrogens with one attached hydrogen (secondary N) is 1. The van der Waals surface area contributed by atoms with E-state index in [0.717, 1.165) is 12.5 Å². The van der Waals surface area contributed by atoms with Gasteiger partial charge in [0.2, 0.25) is 5.91 Å². The van der Waals surface area contributed by atoms with E-state index in [1.54, 1.807) is 6.92 Å². The zero-order valence-corrected chi connectivity index (χ0v) is 7.53. The lowest BCUT2D eigenvalue weighted by Crippen LogP contribution is -2.35. The van der Waals surface area contributed by atoms with Crippen molar-refractivity contribution in [3.63, 3.8) is 0 Å². The van der Waals surface area contributed by atoms with E-state index in [1.807, 2.05) is 0 Å². The third-order valence-corrected chi connectivity index (χ3v) is 2.35. The number of carbonyl (C=O) groups is 1. The maximum Gasteiger partial charge on any atom is 0.237 e. The third kappa shape index (κ3) is 2.70. The number of halogens is 1. The van der Waals surface area contributed by atoms with Crippen LogP contribution in [0.1, 0.15) is 26.2 Å². The molecule has 1 unspecified atom stereocenters. The molecule has 0 aromatic heterocycles. The van der Waals surface area contributed by atoms with Gasteiger partial charge in [0.25, 0.3) is 0 Å². The van der Waals surface area contributed by atoms with Crippen molar-refractivity contribution in [2.24, 2.45) is 5.92 Å². The van der Waals surface area contributed by atoms with Crippen LogP contribution in [0.3, 0.4) is 0 Å². The fraction of sp³-hybridized carbons (Fsp3) is 0.875. The molecule has 0 heterocycles. The third-order valence-electron chi connectivity index (χ3n) is 2.15. The Kier molecular flexibility index (Phi) is 3.18. The number of alkyl halides is 1. The van der Waals surface area contributed by atoms with Crippen LogP contribution in [0.4, 0.5) is 0 Å². The monoisotopic (exact) mass is 175 g/mol. The summed E-state index contributed by atoms with van der Waals surface area (Å²) in [6, 6.07) is 0. The lowest BCUT2D eigenvalue weighted by atomic mass is 9.85. The Morgan fingerprint density at radius 3 is 2.73 bits per heavy atom. The molecular formula is C8H14ClNO. The molecule has 3 heteroatoms. The van der Waals surface area contributed by atoms with Crippen LogP contribution in [0, 0.1) is 5.92 Å². The van der Waals surface area contributed by atoms with Gasteiger partial charge in [0, 0.05) is 6.54 Å². The first-order valence-electron chi connectivity index (χ1n) is 4.12. The van der Waals surface area contributed by atoms with Crippen LogP contribution in [0.15, 0.2) is 0 Å². The highest BCUT2D eigenvalue weighted by Gasteiger charge is 2.18. The Hall–Kier alpha value is -0.240. The summed E-state index contributed by atoms with van der Waals surface area (Å²) in [5.41, 5.74) is 0. The Morgan fingerprint density at radius 1 is 1.73 bits per heavy atom. The van der Waals surface area contributed by atoms with E-state index in [2.05, 4.69) is 5.32 Å². The van der Waals surface area contributed by atoms with E-state index in [0.29, 0.717) is 0 Å². The molecule has 1 fully saturated rings. The first-order valence-corrected chi connectivity index (χ1v) is 4.55. The summed E-state index contributed by atoms with van der Waals surface area (Å²) in [7, 11) is 0. The number of rotatable bonds is 3. The summed E-state index contributed by atoms with van der Waals surface area (Å²) < 4.78 is 0. The van der Waals surface area contributed by atoms with Crippen LogP contribution >= 0.6 is 11.6 Å². The number of hydrogen-bond acceptors (Lipinski definition) is 1. The molecule has 1 saturated carbocycles. The van der Waals surface area contributed by atoms with Crippen LogP contribution in [0.2, 0.25) is 0 Å². The fourth-order valence-corrected chi connectivity index (χ4v) is 1.16. The van der Waals surface area contributed by atoms with Gasteiger partial charge in [-0.25, -0.2) is 0 Å². The van der Waals surface area contributed by atoms with Crippen LogP contribution in [-0.4, -0.2) is 17.8 Å². The maximum absolute atomic E-state index is 10.9. The molecule has 0 aromatic carbocycles. The highest BCUT2D eigenvalue weighted by atomic mass is 35.5. The summed E-state index contributed by atoms with van der Waals surface area (Å²) >= 11 is 5.56. The minimum absolute atomic E-state index is 0.0430. The number of carbonyl (C=O) groups excluding carboxylic acids is 1. The highest BCUT2D eigenvalue weighted by molar-refractivity contribution is 6.30. The SMILES string of the molecule is CC(Cl)C(=O)NCC1CCC1. The molecule has 1 rings (SSSR count). The second kappa shape index (κ2) is 3.96. The molecule has 0 saturated heterocycles. The first kappa shape index (κ1) is 8.85. The number of hydrogen-bond donors (Lipinski definition) is 1. The Balaban J connectivity index is 2.06. The van der Waals surface area contributed by atoms with Crippen LogP contribution < -0.4 is 5.32 Å². The molecule has 1 aliphatic rings. The predicted molar refractivity (Wildman–Crippen MR) is 45.7 cm³/mol. The topological polar surface area (TPSA) is 29.1 Å². The van der Waals surface area contributed by atoms with Gasteiger partial charge in [-0.1, -0.05) is 6.42 Å². The second-order valence-corrected chi connectivity index (χ2v) is 3.81. The molecule has 1 atom stereocenters. The van der Waals surface area contributed by atoms with Crippen molar-refractivity contribution in [1.29, 1.82) is 0 Å². The molecule has 0 aromatic rings. The summed E-state index contributed by atoms with van der Waals surface area (Å²) in [4.78, 5) is 10.9. The van der Waals surface area contributed by atoms with Crippen molar-refractivity contribution >= 4 is 17.5 Å². The molecule has 64 valence electrons. The predicted octanol–water partition coefficient (Wildman–Crippen LogP) is 1.53. The van der Waals surface area contributed by atoms with E-state index in [4.69, 9.17) is 11.6 Å². The van der Waals surface area contributed by atoms with Gasteiger partial charge in [0.15, 0.2) is 0 Å². The van der Waals surface area contributed by atoms with Gasteiger partial charge >= 0.3 is 0 Å². The standard InChI is InChI=1S/C8H14ClNO/c1-6(9)8(11)10-5-7-3-2-4-7/h6-7H,2-5H2,1H3,(H,10,11). The van der Waals surface area contributed by atoms with Gasteiger partial charge in [0.1, 0.15) is 5.38 Å². The van der Waals surface area contributed by atoms with E-state index in [1.165, 1.54) is 19.3 Å². The second-order valence-electron chi connectivity index (χ2n) is 3.16. The first-order chi connectivity index (χ1) is 5.20. The highest BCUT2D eigenvalue weighted by Crippen LogP contribution is 2.25. The fourth-order valence-electron chi connectivity index (χ4n) is 1.08. The van der Waals surface area contributed by atoms with Gasteiger partial charge in [-0.3, -0.25) is 4.79 Å². The normalized spacial score (nSPS) is 20.5. The largest absolute Gasteiger partial charge is 0.355 e. The van der Waals surface area contributed by atoms with Gasteiger partial charge in [-0.05, 0) is 25.7 Å². The lowest BCUT2D eigenvalue weighted by Gasteiger charge is -2.25. The van der Waals surface area contributed by atoms with Crippen molar-refractivity contribution in [1.82, 2.24) is 5.32 Å². The summed E-state index contributed by atoms with van der Waals surface area (Å²) in [6.45, 7) is 2.51. The van der Waals surface area contributed by atoms with Crippen molar-refractivity contribution < 1.29 is 4.79 Å². The average Bonchev–Trinajstić information content (AvgIpc) is 1.83. The van der Waals surface area contributed by atoms with E-state index < -0.39 is 5.38 Å². The van der Waals surface area contributed by atoms with Gasteiger partial charge in [-0.15, -0.1) is 11.6 Å². The summed E-state index contributed by atoms with van der Waals surface area (Å²) in [5.74, 6) is 0.674. The van der Waals surface area contributed by atoms with Crippen LogP contribution in [0.5, 0.6) is 0 Å². The molecule has 0 bridgehead atoms. The van der Waals surface area contributed by atoms with Crippen molar-refractivity contribution in [3.8, 4) is 0 Å². The molecule has 1 aliphatic carbocycles. The molecule has 0 aliphatic heterocycles. The minimum Gasteiger partial charge on any atom is -0.355 e. The molecule has 1 amide bonds. The molecule has 2 nitrogen and oxygen atoms in total. The zero-order valence-electron chi connectivity index (χ0n) is 6.77. The Morgan fingerprint density at radius 2 is 2.36 bits per heavy atom. The average molecular weight is 176 g/mol. The van der Waals surface area contributed by atoms with Gasteiger partial charge in [0.05, 0.1) is 0 Å². The summed E-state index contributed by atoms with van der Waals surface area (Å²) in [5, 5.41) is 2.42. The number of amides is 1. The van der Waals surface area contributed by atoms with E-state index >= 15 is 0 Å². The zero-order chi connectivity index (χ0) is 8.27. The molecular weight excluding hydrogens is 162 g/mol. The molecule has 0 spiro atoms. The molecule has 11 heavy (non-hydrogen) atoms. The lowest BCUT2D eigenvalue weighted by molar-refractivity contribution is -0.120. The maximum atomic E-state index is 10.9. The van der Waals surface area contributed by atoms with Crippen molar-refractivity contribution in [3.05, 3.63) is 0 Å². The minimum atomic E-state index is -0.393. The van der Waals surface area contributed by atoms with E-state index in [9.17, 15) is 4.79 Å². The van der Waals surface area contributed by atoms with Gasteiger partial charge in [-0.2, -0.15) is 0 Å². The van der Waals surface area contributed by atoms with E-state index in [-0.39, 0.29) is 5.91 Å². The summed E-state index contributed by atoms with van der Waals surface area (Å²) in [6.07, 6.45) is 3.84. The Labute approximate surface area is 72.3 Å². The molecule has 1 N–H and O–H groups in total. The Bertz CT molecular complexity index is 143. The van der Waals surface area contributed by atoms with Crippen molar-refractivity contribution in [2.75, 3.05) is 6.54 Å². The quantitative estimate of drug-likeness (QED) is 0.648. The smallest absolute Gasteiger partial charge is 0.237 e. The van der Waals surface area contributed by atoms with Gasteiger partial charge < -0.3 is 5.32 Å². The molecule has 0 radical (unpaired) electrons. The van der Waals surface area contributed by atoms with Crippen LogP contribution in [-0.2, 0) is 4.79 Å².